The number of nitrogens with zero attached hydrogens (tertiary/aromatic N) is 1. The number of alkyl halides is 5. The minimum absolute atomic E-state index is 0.364. The Labute approximate surface area is 135 Å². The summed E-state index contributed by atoms with van der Waals surface area (Å²) in [6.45, 7) is 0. The van der Waals surface area contributed by atoms with E-state index in [9.17, 15) is 42.0 Å². The highest BCUT2D eigenvalue weighted by molar-refractivity contribution is 5.97. The van der Waals surface area contributed by atoms with Crippen molar-refractivity contribution in [2.75, 3.05) is 7.11 Å². The molecule has 0 radical (unpaired) electrons. The van der Waals surface area contributed by atoms with Gasteiger partial charge in [0, 0.05) is 17.7 Å². The van der Waals surface area contributed by atoms with Crippen LogP contribution in [0.5, 0.6) is 5.75 Å². The molecule has 0 bridgehead atoms. The van der Waals surface area contributed by atoms with Gasteiger partial charge in [0.15, 0.2) is 0 Å². The van der Waals surface area contributed by atoms with Crippen molar-refractivity contribution >= 4 is 17.7 Å². The molecule has 1 atom stereocenters. The lowest BCUT2D eigenvalue weighted by Crippen LogP contribution is -2.63. The van der Waals surface area contributed by atoms with Crippen LogP contribution in [0.1, 0.15) is 5.56 Å². The van der Waals surface area contributed by atoms with E-state index in [1.54, 1.807) is 0 Å². The van der Waals surface area contributed by atoms with Gasteiger partial charge < -0.3 is 14.6 Å². The molecule has 0 spiro atoms. The zero-order chi connectivity index (χ0) is 19.2. The van der Waals surface area contributed by atoms with Crippen LogP contribution >= 0.6 is 0 Å². The third-order valence-corrected chi connectivity index (χ3v) is 3.31. The summed E-state index contributed by atoms with van der Waals surface area (Å²) in [6.07, 6.45) is -5.86. The standard InChI is InChI=1S/C13H8F5NO6/c1-24-10(20)8-5-6-4-7(19(22)23)2-3-9(6)25-11(8,21)12(14,15)13(16,17)18/h2-5,21H,1H3. The van der Waals surface area contributed by atoms with Gasteiger partial charge in [-0.05, 0) is 12.1 Å². The minimum Gasteiger partial charge on any atom is -0.465 e. The number of methoxy groups -OCH3 is 1. The first-order chi connectivity index (χ1) is 11.3. The second-order valence-corrected chi connectivity index (χ2v) is 4.85. The maximum Gasteiger partial charge on any atom is 0.460 e. The Morgan fingerprint density at radius 2 is 1.92 bits per heavy atom. The first kappa shape index (κ1) is 18.6. The lowest BCUT2D eigenvalue weighted by Gasteiger charge is -2.39. The summed E-state index contributed by atoms with van der Waals surface area (Å²) < 4.78 is 74.1. The second kappa shape index (κ2) is 5.65. The van der Waals surface area contributed by atoms with Gasteiger partial charge in [0.05, 0.1) is 12.0 Å². The first-order valence-corrected chi connectivity index (χ1v) is 6.30. The van der Waals surface area contributed by atoms with Gasteiger partial charge in [0.2, 0.25) is 0 Å². The summed E-state index contributed by atoms with van der Waals surface area (Å²) in [5.74, 6) is -12.8. The number of non-ortho nitro benzene ring substituents is 1. The summed E-state index contributed by atoms with van der Waals surface area (Å²) in [6, 6.07) is 2.25. The molecule has 1 aliphatic rings. The largest absolute Gasteiger partial charge is 0.465 e. The Hall–Kier alpha value is -2.76. The molecule has 0 saturated carbocycles. The minimum atomic E-state index is -6.27. The van der Waals surface area contributed by atoms with Crippen LogP contribution in [0.25, 0.3) is 6.08 Å². The van der Waals surface area contributed by atoms with Gasteiger partial charge in [0.1, 0.15) is 11.3 Å². The fourth-order valence-corrected chi connectivity index (χ4v) is 2.06. The molecule has 1 aromatic rings. The molecule has 1 heterocycles. The average Bonchev–Trinajstić information content (AvgIpc) is 2.51. The molecule has 7 nitrogen and oxygen atoms in total. The van der Waals surface area contributed by atoms with E-state index in [-0.39, 0.29) is 5.56 Å². The maximum absolute atomic E-state index is 13.8. The number of halogens is 5. The van der Waals surface area contributed by atoms with Crippen LogP contribution in [0.3, 0.4) is 0 Å². The molecule has 0 saturated heterocycles. The van der Waals surface area contributed by atoms with E-state index in [0.717, 1.165) is 18.2 Å². The number of benzene rings is 1. The van der Waals surface area contributed by atoms with Crippen molar-refractivity contribution in [1.29, 1.82) is 0 Å². The lowest BCUT2D eigenvalue weighted by molar-refractivity contribution is -0.385. The number of carbonyl (C=O) groups excluding carboxylic acids is 1. The number of nitro benzene ring substituents is 1. The third-order valence-electron chi connectivity index (χ3n) is 3.31. The smallest absolute Gasteiger partial charge is 0.460 e. The lowest BCUT2D eigenvalue weighted by atomic mass is 9.93. The summed E-state index contributed by atoms with van der Waals surface area (Å²) >= 11 is 0. The summed E-state index contributed by atoms with van der Waals surface area (Å²) in [7, 11) is 0.679. The Morgan fingerprint density at radius 1 is 1.32 bits per heavy atom. The Morgan fingerprint density at radius 3 is 2.40 bits per heavy atom. The van der Waals surface area contributed by atoms with Gasteiger partial charge in [-0.1, -0.05) is 0 Å². The van der Waals surface area contributed by atoms with Gasteiger partial charge in [-0.2, -0.15) is 22.0 Å². The highest BCUT2D eigenvalue weighted by Gasteiger charge is 2.75. The molecule has 0 aromatic heterocycles. The average molecular weight is 369 g/mol. The Balaban J connectivity index is 2.70. The van der Waals surface area contributed by atoms with Crippen molar-refractivity contribution in [2.24, 2.45) is 0 Å². The van der Waals surface area contributed by atoms with Crippen molar-refractivity contribution in [2.45, 2.75) is 17.9 Å². The predicted octanol–water partition coefficient (Wildman–Crippen LogP) is 2.43. The number of aliphatic hydroxyl groups is 1. The highest BCUT2D eigenvalue weighted by Crippen LogP contribution is 2.50. The van der Waals surface area contributed by atoms with Crippen molar-refractivity contribution in [3.63, 3.8) is 0 Å². The summed E-state index contributed by atoms with van der Waals surface area (Å²) in [5, 5.41) is 20.6. The van der Waals surface area contributed by atoms with Gasteiger partial charge >= 0.3 is 23.9 Å². The van der Waals surface area contributed by atoms with E-state index < -0.39 is 45.8 Å². The molecule has 1 N–H and O–H groups in total. The van der Waals surface area contributed by atoms with Gasteiger partial charge in [0.25, 0.3) is 5.69 Å². The quantitative estimate of drug-likeness (QED) is 0.380. The molecule has 1 unspecified atom stereocenters. The number of esters is 1. The number of nitro groups is 1. The Kier molecular flexibility index (Phi) is 4.20. The fourth-order valence-electron chi connectivity index (χ4n) is 2.06. The van der Waals surface area contributed by atoms with Crippen LogP contribution in [0.4, 0.5) is 27.6 Å². The van der Waals surface area contributed by atoms with Crippen LogP contribution in [-0.4, -0.2) is 41.0 Å². The molecule has 12 heteroatoms. The highest BCUT2D eigenvalue weighted by atomic mass is 19.4. The van der Waals surface area contributed by atoms with Crippen LogP contribution in [0.15, 0.2) is 23.8 Å². The number of fused-ring (bicyclic) bond motifs is 1. The van der Waals surface area contributed by atoms with Crippen LogP contribution in [0, 0.1) is 10.1 Å². The molecular formula is C13H8F5NO6. The van der Waals surface area contributed by atoms with E-state index in [4.69, 9.17) is 0 Å². The van der Waals surface area contributed by atoms with Gasteiger partial charge in [-0.25, -0.2) is 4.79 Å². The monoisotopic (exact) mass is 369 g/mol. The molecular weight excluding hydrogens is 361 g/mol. The zero-order valence-electron chi connectivity index (χ0n) is 12.1. The molecule has 0 amide bonds. The van der Waals surface area contributed by atoms with Crippen molar-refractivity contribution in [3.8, 4) is 5.75 Å². The summed E-state index contributed by atoms with van der Waals surface area (Å²) in [4.78, 5) is 21.5. The van der Waals surface area contributed by atoms with Crippen molar-refractivity contribution < 1.29 is 46.3 Å². The van der Waals surface area contributed by atoms with Crippen LogP contribution < -0.4 is 4.74 Å². The summed E-state index contributed by atoms with van der Waals surface area (Å²) in [5.41, 5.74) is -2.47. The molecule has 1 aliphatic heterocycles. The van der Waals surface area contributed by atoms with Gasteiger partial charge in [-0.3, -0.25) is 10.1 Å². The number of carbonyl (C=O) groups is 1. The topological polar surface area (TPSA) is 98.9 Å². The normalized spacial score (nSPS) is 20.2. The predicted molar refractivity (Wildman–Crippen MR) is 69.7 cm³/mol. The fraction of sp³-hybridized carbons (Fsp3) is 0.308. The SMILES string of the molecule is COC(=O)C1=Cc2cc([N+](=O)[O-])ccc2OC1(O)C(F)(F)C(F)(F)F. The molecule has 0 fully saturated rings. The molecule has 2 rings (SSSR count). The van der Waals surface area contributed by atoms with E-state index in [0.29, 0.717) is 13.2 Å². The molecule has 1 aromatic carbocycles. The number of rotatable bonds is 3. The zero-order valence-corrected chi connectivity index (χ0v) is 12.1. The van der Waals surface area contributed by atoms with Crippen molar-refractivity contribution in [1.82, 2.24) is 0 Å². The second-order valence-electron chi connectivity index (χ2n) is 4.85. The Bertz CT molecular complexity index is 775. The van der Waals surface area contributed by atoms with E-state index in [1.807, 2.05) is 0 Å². The van der Waals surface area contributed by atoms with E-state index >= 15 is 0 Å². The van der Waals surface area contributed by atoms with E-state index in [2.05, 4.69) is 9.47 Å². The van der Waals surface area contributed by atoms with Crippen LogP contribution in [0.2, 0.25) is 0 Å². The molecule has 0 aliphatic carbocycles. The van der Waals surface area contributed by atoms with Gasteiger partial charge in [-0.15, -0.1) is 0 Å². The first-order valence-electron chi connectivity index (χ1n) is 6.30. The molecule has 136 valence electrons. The van der Waals surface area contributed by atoms with Crippen LogP contribution in [-0.2, 0) is 9.53 Å². The van der Waals surface area contributed by atoms with E-state index in [1.165, 1.54) is 0 Å². The third kappa shape index (κ3) is 2.77. The van der Waals surface area contributed by atoms with Crippen molar-refractivity contribution in [3.05, 3.63) is 39.4 Å². The number of hydrogen-bond acceptors (Lipinski definition) is 6. The molecule has 25 heavy (non-hydrogen) atoms. The number of ether oxygens (including phenoxy) is 2. The maximum atomic E-state index is 13.8. The number of hydrogen-bond donors (Lipinski definition) is 1.